The Morgan fingerprint density at radius 2 is 2.12 bits per heavy atom. The molecule has 1 aliphatic rings. The number of carbonyl (C=O) groups excluding carboxylic acids is 1. The van der Waals surface area contributed by atoms with Gasteiger partial charge in [-0.05, 0) is 36.8 Å². The fourth-order valence-corrected chi connectivity index (χ4v) is 3.03. The zero-order valence-electron chi connectivity index (χ0n) is 15.5. The molecular weight excluding hydrogens is 316 g/mol. The lowest BCUT2D eigenvalue weighted by atomic mass is 9.67. The summed E-state index contributed by atoms with van der Waals surface area (Å²) >= 11 is 0. The van der Waals surface area contributed by atoms with Crippen molar-refractivity contribution >= 4 is 17.6 Å². The number of aliphatic imine (C=N–C) groups is 1. The molecule has 1 amide bonds. The summed E-state index contributed by atoms with van der Waals surface area (Å²) in [5.41, 5.74) is 1.19. The van der Waals surface area contributed by atoms with Crippen molar-refractivity contribution in [1.82, 2.24) is 10.6 Å². The van der Waals surface area contributed by atoms with Gasteiger partial charge < -0.3 is 20.7 Å². The van der Waals surface area contributed by atoms with E-state index >= 15 is 0 Å². The Balaban J connectivity index is 1.69. The van der Waals surface area contributed by atoms with Gasteiger partial charge in [-0.15, -0.1) is 0 Å². The monoisotopic (exact) mass is 346 g/mol. The highest BCUT2D eigenvalue weighted by Gasteiger charge is 2.34. The summed E-state index contributed by atoms with van der Waals surface area (Å²) in [6.45, 7) is 5.90. The van der Waals surface area contributed by atoms with E-state index in [0.29, 0.717) is 18.6 Å². The van der Waals surface area contributed by atoms with E-state index in [1.54, 1.807) is 7.05 Å². The summed E-state index contributed by atoms with van der Waals surface area (Å²) in [5.74, 6) is 1.45. The molecule has 1 aliphatic carbocycles. The molecule has 25 heavy (non-hydrogen) atoms. The minimum Gasteiger partial charge on any atom is -0.492 e. The van der Waals surface area contributed by atoms with Crippen molar-refractivity contribution in [3.05, 3.63) is 24.3 Å². The highest BCUT2D eigenvalue weighted by Crippen LogP contribution is 2.42. The third kappa shape index (κ3) is 5.96. The van der Waals surface area contributed by atoms with Crippen LogP contribution in [0.1, 0.15) is 39.5 Å². The normalized spacial score (nSPS) is 15.9. The van der Waals surface area contributed by atoms with Crippen molar-refractivity contribution in [3.8, 4) is 5.75 Å². The van der Waals surface area contributed by atoms with Crippen LogP contribution in [0.5, 0.6) is 5.75 Å². The first-order valence-corrected chi connectivity index (χ1v) is 9.02. The van der Waals surface area contributed by atoms with Gasteiger partial charge in [0.2, 0.25) is 5.91 Å². The van der Waals surface area contributed by atoms with Gasteiger partial charge in [0, 0.05) is 32.3 Å². The SMILES string of the molecule is CCC1(CNC(=NC)NCCOc2cccc(NC(C)=O)c2)CCC1. The maximum atomic E-state index is 11.1. The number of nitrogens with zero attached hydrogens (tertiary/aromatic N) is 1. The first kappa shape index (κ1) is 19.1. The molecule has 0 saturated heterocycles. The number of benzene rings is 1. The van der Waals surface area contributed by atoms with Gasteiger partial charge in [-0.25, -0.2) is 0 Å². The van der Waals surface area contributed by atoms with Crippen LogP contribution in [-0.2, 0) is 4.79 Å². The summed E-state index contributed by atoms with van der Waals surface area (Å²) in [6.07, 6.45) is 5.17. The van der Waals surface area contributed by atoms with Crippen molar-refractivity contribution in [2.45, 2.75) is 39.5 Å². The predicted molar refractivity (Wildman–Crippen MR) is 102 cm³/mol. The Kier molecular flexibility index (Phi) is 7.10. The van der Waals surface area contributed by atoms with Crippen LogP contribution in [0.4, 0.5) is 5.69 Å². The lowest BCUT2D eigenvalue weighted by molar-refractivity contribution is -0.114. The summed E-state index contributed by atoms with van der Waals surface area (Å²) in [5, 5.41) is 9.45. The number of hydrogen-bond donors (Lipinski definition) is 3. The largest absolute Gasteiger partial charge is 0.492 e. The van der Waals surface area contributed by atoms with Crippen LogP contribution >= 0.6 is 0 Å². The third-order valence-electron chi connectivity index (χ3n) is 4.84. The Morgan fingerprint density at radius 1 is 1.32 bits per heavy atom. The van der Waals surface area contributed by atoms with Crippen LogP contribution in [-0.4, -0.2) is 38.6 Å². The lowest BCUT2D eigenvalue weighted by Crippen LogP contribution is -2.46. The minimum atomic E-state index is -0.0926. The minimum absolute atomic E-state index is 0.0926. The fraction of sp³-hybridized carbons (Fsp3) is 0.579. The molecule has 0 atom stereocenters. The highest BCUT2D eigenvalue weighted by atomic mass is 16.5. The lowest BCUT2D eigenvalue weighted by Gasteiger charge is -2.41. The molecule has 1 aromatic rings. The van der Waals surface area contributed by atoms with Crippen molar-refractivity contribution < 1.29 is 9.53 Å². The van der Waals surface area contributed by atoms with Gasteiger partial charge in [0.1, 0.15) is 12.4 Å². The first-order valence-electron chi connectivity index (χ1n) is 9.02. The van der Waals surface area contributed by atoms with Crippen LogP contribution in [0.15, 0.2) is 29.3 Å². The van der Waals surface area contributed by atoms with E-state index in [1.807, 2.05) is 24.3 Å². The molecule has 0 aliphatic heterocycles. The molecule has 0 bridgehead atoms. The number of carbonyl (C=O) groups is 1. The third-order valence-corrected chi connectivity index (χ3v) is 4.84. The molecule has 0 unspecified atom stereocenters. The van der Waals surface area contributed by atoms with E-state index in [4.69, 9.17) is 4.74 Å². The van der Waals surface area contributed by atoms with E-state index < -0.39 is 0 Å². The smallest absolute Gasteiger partial charge is 0.221 e. The number of nitrogens with one attached hydrogen (secondary N) is 3. The standard InChI is InChI=1S/C19H30N4O2/c1-4-19(9-6-10-19)14-22-18(20-3)21-11-12-25-17-8-5-7-16(13-17)23-15(2)24/h5,7-8,13H,4,6,9-12,14H2,1-3H3,(H,23,24)(H2,20,21,22). The van der Waals surface area contributed by atoms with Crippen molar-refractivity contribution in [2.24, 2.45) is 10.4 Å². The number of amides is 1. The number of hydrogen-bond acceptors (Lipinski definition) is 3. The molecule has 1 aromatic carbocycles. The van der Waals surface area contributed by atoms with E-state index in [1.165, 1.54) is 32.6 Å². The number of ether oxygens (including phenoxy) is 1. The Hall–Kier alpha value is -2.24. The predicted octanol–water partition coefficient (Wildman–Crippen LogP) is 2.77. The molecule has 2 rings (SSSR count). The maximum Gasteiger partial charge on any atom is 0.221 e. The van der Waals surface area contributed by atoms with E-state index in [0.717, 1.165) is 23.9 Å². The van der Waals surface area contributed by atoms with E-state index in [9.17, 15) is 4.79 Å². The average molecular weight is 346 g/mol. The van der Waals surface area contributed by atoms with Crippen LogP contribution < -0.4 is 20.7 Å². The van der Waals surface area contributed by atoms with Crippen molar-refractivity contribution in [1.29, 1.82) is 0 Å². The molecule has 0 spiro atoms. The molecule has 138 valence electrons. The second-order valence-corrected chi connectivity index (χ2v) is 6.62. The maximum absolute atomic E-state index is 11.1. The molecule has 1 saturated carbocycles. The van der Waals surface area contributed by atoms with Crippen molar-refractivity contribution in [2.75, 3.05) is 32.1 Å². The van der Waals surface area contributed by atoms with Crippen molar-refractivity contribution in [3.63, 3.8) is 0 Å². The topological polar surface area (TPSA) is 74.8 Å². The number of guanidine groups is 1. The molecular formula is C19H30N4O2. The zero-order chi connectivity index (χ0) is 18.1. The molecule has 6 heteroatoms. The van der Waals surface area contributed by atoms with Gasteiger partial charge >= 0.3 is 0 Å². The van der Waals surface area contributed by atoms with Gasteiger partial charge in [0.15, 0.2) is 5.96 Å². The fourth-order valence-electron chi connectivity index (χ4n) is 3.03. The van der Waals surface area contributed by atoms with Gasteiger partial charge in [-0.1, -0.05) is 19.4 Å². The van der Waals surface area contributed by atoms with Crippen LogP contribution in [0.25, 0.3) is 0 Å². The summed E-state index contributed by atoms with van der Waals surface area (Å²) < 4.78 is 5.73. The second-order valence-electron chi connectivity index (χ2n) is 6.62. The summed E-state index contributed by atoms with van der Waals surface area (Å²) in [7, 11) is 1.78. The molecule has 3 N–H and O–H groups in total. The van der Waals surface area contributed by atoms with Gasteiger partial charge in [-0.3, -0.25) is 9.79 Å². The Labute approximate surface area is 150 Å². The van der Waals surface area contributed by atoms with Crippen LogP contribution in [0, 0.1) is 5.41 Å². The molecule has 0 aromatic heterocycles. The quantitative estimate of drug-likeness (QED) is 0.384. The average Bonchev–Trinajstić information content (AvgIpc) is 2.55. The van der Waals surface area contributed by atoms with Gasteiger partial charge in [0.05, 0.1) is 6.54 Å². The summed E-state index contributed by atoms with van der Waals surface area (Å²) in [6, 6.07) is 7.38. The Bertz CT molecular complexity index is 591. The first-order chi connectivity index (χ1) is 12.1. The van der Waals surface area contributed by atoms with E-state index in [-0.39, 0.29) is 5.91 Å². The molecule has 0 heterocycles. The second kappa shape index (κ2) is 9.30. The van der Waals surface area contributed by atoms with E-state index in [2.05, 4.69) is 27.9 Å². The molecule has 6 nitrogen and oxygen atoms in total. The van der Waals surface area contributed by atoms with Crippen LogP contribution in [0.3, 0.4) is 0 Å². The zero-order valence-corrected chi connectivity index (χ0v) is 15.5. The number of rotatable bonds is 8. The van der Waals surface area contributed by atoms with Crippen LogP contribution in [0.2, 0.25) is 0 Å². The van der Waals surface area contributed by atoms with Gasteiger partial charge in [-0.2, -0.15) is 0 Å². The molecule has 1 fully saturated rings. The summed E-state index contributed by atoms with van der Waals surface area (Å²) in [4.78, 5) is 15.4. The Morgan fingerprint density at radius 3 is 2.72 bits per heavy atom. The van der Waals surface area contributed by atoms with Gasteiger partial charge in [0.25, 0.3) is 0 Å². The molecule has 0 radical (unpaired) electrons. The number of anilines is 1. The highest BCUT2D eigenvalue weighted by molar-refractivity contribution is 5.88.